The number of carbonyl (C=O) groups excluding carboxylic acids is 1. The lowest BCUT2D eigenvalue weighted by Crippen LogP contribution is -2.34. The monoisotopic (exact) mass is 529 g/mol. The minimum absolute atomic E-state index is 0.638. The Morgan fingerprint density at radius 1 is 0.585 bits per heavy atom. The average Bonchev–Trinajstić information content (AvgIpc) is 3.06. The van der Waals surface area contributed by atoms with Gasteiger partial charge in [-0.15, -0.1) is 0 Å². The predicted molar refractivity (Wildman–Crippen MR) is 167 cm³/mol. The van der Waals surface area contributed by atoms with Gasteiger partial charge in [-0.25, -0.2) is 0 Å². The quantitative estimate of drug-likeness (QED) is 0.201. The number of benzene rings is 6. The van der Waals surface area contributed by atoms with E-state index in [1.54, 1.807) is 0 Å². The molecule has 7 rings (SSSR count). The van der Waals surface area contributed by atoms with Crippen LogP contribution in [0.15, 0.2) is 152 Å². The molecule has 6 aromatic rings. The van der Waals surface area contributed by atoms with E-state index in [1.807, 2.05) is 54.6 Å². The van der Waals surface area contributed by atoms with Crippen molar-refractivity contribution >= 4 is 40.2 Å². The summed E-state index contributed by atoms with van der Waals surface area (Å²) < 4.78 is 6.90. The molecule has 1 aliphatic heterocycles. The Labute approximate surface area is 239 Å². The van der Waals surface area contributed by atoms with Gasteiger partial charge in [0.25, 0.3) is 0 Å². The molecule has 0 saturated carbocycles. The van der Waals surface area contributed by atoms with E-state index in [-0.39, 0.29) is 0 Å². The summed E-state index contributed by atoms with van der Waals surface area (Å²) in [7, 11) is 0. The van der Waals surface area contributed by atoms with E-state index in [4.69, 9.17) is 4.74 Å². The highest BCUT2D eigenvalue weighted by atomic mass is 16.5. The fourth-order valence-corrected chi connectivity index (χ4v) is 5.70. The Morgan fingerprint density at radius 3 is 1.83 bits per heavy atom. The molecular formula is C38H27NO2. The predicted octanol–water partition coefficient (Wildman–Crippen LogP) is 9.47. The van der Waals surface area contributed by atoms with E-state index in [2.05, 4.69) is 108 Å². The van der Waals surface area contributed by atoms with Gasteiger partial charge in [-0.05, 0) is 65.4 Å². The summed E-state index contributed by atoms with van der Waals surface area (Å²) in [5.74, 6) is 0.819. The molecule has 0 spiro atoms. The Bertz CT molecular complexity index is 1820. The Hall–Kier alpha value is -5.41. The summed E-state index contributed by atoms with van der Waals surface area (Å²) in [6.45, 7) is 0. The van der Waals surface area contributed by atoms with Crippen LogP contribution in [0.2, 0.25) is 0 Å². The van der Waals surface area contributed by atoms with Gasteiger partial charge < -0.3 is 9.64 Å². The minimum atomic E-state index is -0.805. The van der Waals surface area contributed by atoms with E-state index in [0.717, 1.165) is 56.6 Å². The molecule has 0 bridgehead atoms. The van der Waals surface area contributed by atoms with Crippen LogP contribution in [-0.2, 0) is 5.60 Å². The molecule has 3 nitrogen and oxygen atoms in total. The number of hydrogen-bond acceptors (Lipinski definition) is 3. The van der Waals surface area contributed by atoms with Crippen LogP contribution in [0, 0.1) is 0 Å². The molecular weight excluding hydrogens is 502 g/mol. The molecule has 0 aromatic heterocycles. The number of fused-ring (bicyclic) bond motifs is 3. The third-order valence-corrected chi connectivity index (χ3v) is 7.73. The molecule has 41 heavy (non-hydrogen) atoms. The maximum Gasteiger partial charge on any atom is 0.178 e. The first-order valence-electron chi connectivity index (χ1n) is 13.7. The second-order valence-electron chi connectivity index (χ2n) is 10.2. The Balaban J connectivity index is 1.33. The zero-order valence-corrected chi connectivity index (χ0v) is 22.4. The highest BCUT2D eigenvalue weighted by Crippen LogP contribution is 2.45. The first-order valence-corrected chi connectivity index (χ1v) is 13.7. The van der Waals surface area contributed by atoms with Crippen LogP contribution in [0.1, 0.15) is 27.0 Å². The minimum Gasteiger partial charge on any atom is -0.473 e. The number of ether oxygens (including phenoxy) is 1. The molecule has 0 aliphatic carbocycles. The molecule has 1 heterocycles. The number of para-hydroxylation sites is 2. The standard InChI is InChI=1S/C38H27NO2/c40-27-28-16-19-31(20-17-28)38(30-10-4-1-5-11-30)25-24-36-35-22-21-34(26-29(35)18-23-37(36)41-38)39(32-12-6-2-7-13-32)33-14-8-3-9-15-33/h1-27H. The van der Waals surface area contributed by atoms with E-state index in [9.17, 15) is 4.79 Å². The van der Waals surface area contributed by atoms with E-state index in [1.165, 1.54) is 0 Å². The average molecular weight is 530 g/mol. The lowest BCUT2D eigenvalue weighted by atomic mass is 9.83. The van der Waals surface area contributed by atoms with Gasteiger partial charge in [0.15, 0.2) is 5.60 Å². The van der Waals surface area contributed by atoms with E-state index >= 15 is 0 Å². The summed E-state index contributed by atoms with van der Waals surface area (Å²) in [6, 6.07) is 49.5. The van der Waals surface area contributed by atoms with Crippen LogP contribution in [0.25, 0.3) is 16.8 Å². The molecule has 0 N–H and O–H groups in total. The molecule has 6 aromatic carbocycles. The zero-order valence-electron chi connectivity index (χ0n) is 22.4. The van der Waals surface area contributed by atoms with Crippen molar-refractivity contribution in [3.8, 4) is 5.75 Å². The van der Waals surface area contributed by atoms with Gasteiger partial charge in [0.1, 0.15) is 12.0 Å². The van der Waals surface area contributed by atoms with Crippen molar-refractivity contribution in [2.75, 3.05) is 4.90 Å². The van der Waals surface area contributed by atoms with Gasteiger partial charge in [-0.3, -0.25) is 4.79 Å². The molecule has 0 saturated heterocycles. The third kappa shape index (κ3) is 4.38. The molecule has 0 radical (unpaired) electrons. The number of nitrogens with zero attached hydrogens (tertiary/aromatic N) is 1. The molecule has 1 atom stereocenters. The lowest BCUT2D eigenvalue weighted by Gasteiger charge is -2.36. The molecule has 3 heteroatoms. The van der Waals surface area contributed by atoms with E-state index < -0.39 is 5.60 Å². The molecule has 1 aliphatic rings. The highest BCUT2D eigenvalue weighted by Gasteiger charge is 2.37. The summed E-state index contributed by atoms with van der Waals surface area (Å²) in [6.07, 6.45) is 5.17. The van der Waals surface area contributed by atoms with Crippen LogP contribution in [0.5, 0.6) is 5.75 Å². The van der Waals surface area contributed by atoms with E-state index in [0.29, 0.717) is 5.56 Å². The van der Waals surface area contributed by atoms with Crippen molar-refractivity contribution in [1.29, 1.82) is 0 Å². The van der Waals surface area contributed by atoms with Gasteiger partial charge in [0, 0.05) is 39.3 Å². The third-order valence-electron chi connectivity index (χ3n) is 7.73. The second-order valence-corrected chi connectivity index (χ2v) is 10.2. The van der Waals surface area contributed by atoms with Crippen molar-refractivity contribution in [1.82, 2.24) is 0 Å². The maximum absolute atomic E-state index is 11.3. The fraction of sp³-hybridized carbons (Fsp3) is 0.0263. The Kier molecular flexibility index (Phi) is 6.18. The van der Waals surface area contributed by atoms with Crippen LogP contribution in [0.3, 0.4) is 0 Å². The highest BCUT2D eigenvalue weighted by molar-refractivity contribution is 5.97. The summed E-state index contributed by atoms with van der Waals surface area (Å²) >= 11 is 0. The molecule has 0 fully saturated rings. The van der Waals surface area contributed by atoms with Crippen molar-refractivity contribution in [2.45, 2.75) is 5.60 Å². The van der Waals surface area contributed by atoms with Gasteiger partial charge in [0.2, 0.25) is 0 Å². The lowest BCUT2D eigenvalue weighted by molar-refractivity contribution is 0.112. The Morgan fingerprint density at radius 2 is 1.20 bits per heavy atom. The number of rotatable bonds is 6. The van der Waals surface area contributed by atoms with Gasteiger partial charge in [-0.2, -0.15) is 0 Å². The molecule has 0 amide bonds. The first kappa shape index (κ1) is 24.6. The van der Waals surface area contributed by atoms with Crippen molar-refractivity contribution in [2.24, 2.45) is 0 Å². The van der Waals surface area contributed by atoms with Crippen molar-refractivity contribution in [3.05, 3.63) is 174 Å². The van der Waals surface area contributed by atoms with Gasteiger partial charge >= 0.3 is 0 Å². The summed E-state index contributed by atoms with van der Waals surface area (Å²) in [5.41, 5.74) is 6.17. The maximum atomic E-state index is 11.3. The normalized spacial score (nSPS) is 15.6. The topological polar surface area (TPSA) is 29.5 Å². The van der Waals surface area contributed by atoms with Crippen LogP contribution in [0.4, 0.5) is 17.1 Å². The number of anilines is 3. The van der Waals surface area contributed by atoms with Crippen LogP contribution >= 0.6 is 0 Å². The SMILES string of the molecule is O=Cc1ccc(C2(c3ccccc3)C=Cc3c(ccc4cc(N(c5ccccc5)c5ccccc5)ccc34)O2)cc1. The van der Waals surface area contributed by atoms with Crippen LogP contribution < -0.4 is 9.64 Å². The first-order chi connectivity index (χ1) is 20.2. The number of aldehydes is 1. The van der Waals surface area contributed by atoms with Crippen molar-refractivity contribution in [3.63, 3.8) is 0 Å². The van der Waals surface area contributed by atoms with Crippen molar-refractivity contribution < 1.29 is 9.53 Å². The van der Waals surface area contributed by atoms with Crippen LogP contribution in [-0.4, -0.2) is 6.29 Å². The number of hydrogen-bond donors (Lipinski definition) is 0. The zero-order chi connectivity index (χ0) is 27.6. The summed E-state index contributed by atoms with van der Waals surface area (Å²) in [4.78, 5) is 13.6. The second kappa shape index (κ2) is 10.3. The smallest absolute Gasteiger partial charge is 0.178 e. The van der Waals surface area contributed by atoms with Gasteiger partial charge in [0.05, 0.1) is 0 Å². The number of carbonyl (C=O) groups is 1. The largest absolute Gasteiger partial charge is 0.473 e. The fourth-order valence-electron chi connectivity index (χ4n) is 5.70. The molecule has 196 valence electrons. The molecule has 1 unspecified atom stereocenters. The summed E-state index contributed by atoms with van der Waals surface area (Å²) in [5, 5.41) is 2.26. The van der Waals surface area contributed by atoms with Gasteiger partial charge in [-0.1, -0.05) is 103 Å².